The summed E-state index contributed by atoms with van der Waals surface area (Å²) in [6.45, 7) is 3.81. The lowest BCUT2D eigenvalue weighted by Gasteiger charge is -2.37. The SMILES string of the molecule is CCc1cc(Br)c2c(c1)CCc1cc(Br)cnc1[C@@H]2C1CCN(C(=O)CCCCCC(N)=O)CC1. The minimum Gasteiger partial charge on any atom is -0.370 e. The lowest BCUT2D eigenvalue weighted by atomic mass is 9.76. The van der Waals surface area contributed by atoms with Gasteiger partial charge in [0, 0.05) is 47.0 Å². The summed E-state index contributed by atoms with van der Waals surface area (Å²) < 4.78 is 2.23. The molecule has 1 aromatic carbocycles. The predicted octanol–water partition coefficient (Wildman–Crippen LogP) is 6.07. The van der Waals surface area contributed by atoms with Crippen molar-refractivity contribution in [3.63, 3.8) is 0 Å². The van der Waals surface area contributed by atoms with Crippen molar-refractivity contribution in [1.29, 1.82) is 0 Å². The first-order chi connectivity index (χ1) is 16.9. The van der Waals surface area contributed by atoms with Crippen molar-refractivity contribution in [2.75, 3.05) is 13.1 Å². The lowest BCUT2D eigenvalue weighted by Crippen LogP contribution is -2.40. The minimum absolute atomic E-state index is 0.236. The van der Waals surface area contributed by atoms with E-state index in [0.717, 1.165) is 68.9 Å². The van der Waals surface area contributed by atoms with E-state index in [9.17, 15) is 9.59 Å². The number of hydrogen-bond donors (Lipinski definition) is 1. The second kappa shape index (κ2) is 12.0. The number of benzene rings is 1. The van der Waals surface area contributed by atoms with Crippen LogP contribution in [0.4, 0.5) is 0 Å². The van der Waals surface area contributed by atoms with Crippen LogP contribution in [-0.4, -0.2) is 34.8 Å². The summed E-state index contributed by atoms with van der Waals surface area (Å²) in [5.41, 5.74) is 11.9. The Morgan fingerprint density at radius 2 is 1.74 bits per heavy atom. The first-order valence-electron chi connectivity index (χ1n) is 12.9. The van der Waals surface area contributed by atoms with Crippen LogP contribution in [0.25, 0.3) is 0 Å². The number of carbonyl (C=O) groups is 2. The number of aryl methyl sites for hydroxylation is 3. The zero-order valence-electron chi connectivity index (χ0n) is 20.5. The van der Waals surface area contributed by atoms with Crippen LogP contribution in [0.15, 0.2) is 33.3 Å². The number of unbranched alkanes of at least 4 members (excludes halogenated alkanes) is 2. The molecule has 1 atom stereocenters. The molecule has 7 heteroatoms. The van der Waals surface area contributed by atoms with Crippen LogP contribution in [-0.2, 0) is 28.9 Å². The highest BCUT2D eigenvalue weighted by atomic mass is 79.9. The molecule has 0 saturated carbocycles. The normalized spacial score (nSPS) is 18.0. The Balaban J connectivity index is 1.50. The van der Waals surface area contributed by atoms with Crippen LogP contribution in [0.3, 0.4) is 0 Å². The molecule has 1 aliphatic heterocycles. The van der Waals surface area contributed by atoms with E-state index in [1.54, 1.807) is 0 Å². The molecular weight excluding hydrogens is 570 g/mol. The molecule has 1 fully saturated rings. The number of pyridine rings is 1. The summed E-state index contributed by atoms with van der Waals surface area (Å²) in [7, 11) is 0. The van der Waals surface area contributed by atoms with Crippen molar-refractivity contribution in [1.82, 2.24) is 9.88 Å². The molecule has 1 saturated heterocycles. The lowest BCUT2D eigenvalue weighted by molar-refractivity contribution is -0.132. The molecule has 1 aromatic heterocycles. The number of nitrogens with zero attached hydrogens (tertiary/aromatic N) is 2. The molecule has 2 aliphatic rings. The van der Waals surface area contributed by atoms with Crippen molar-refractivity contribution in [2.45, 2.75) is 77.0 Å². The number of amides is 2. The molecule has 2 amide bonds. The van der Waals surface area contributed by atoms with Crippen LogP contribution < -0.4 is 5.73 Å². The van der Waals surface area contributed by atoms with E-state index in [1.807, 2.05) is 11.1 Å². The standard InChI is InChI=1S/C28H35Br2N3O2/c1-2-18-14-20-8-9-21-16-22(29)17-32-28(21)27(26(20)23(30)15-18)19-10-12-33(13-11-19)25(35)7-5-3-4-6-24(31)34/h14-17,19,27H,2-13H2,1H3,(H2,31,34)/t27-/m1/s1. The first-order valence-corrected chi connectivity index (χ1v) is 14.5. The zero-order chi connectivity index (χ0) is 24.9. The Morgan fingerprint density at radius 1 is 1.03 bits per heavy atom. The Bertz CT molecular complexity index is 1080. The molecule has 2 heterocycles. The van der Waals surface area contributed by atoms with Crippen molar-refractivity contribution >= 4 is 43.7 Å². The van der Waals surface area contributed by atoms with Crippen molar-refractivity contribution in [3.8, 4) is 0 Å². The Hall–Kier alpha value is -1.73. The Kier molecular flexibility index (Phi) is 9.03. The largest absolute Gasteiger partial charge is 0.370 e. The van der Waals surface area contributed by atoms with Gasteiger partial charge in [-0.15, -0.1) is 0 Å². The fourth-order valence-electron chi connectivity index (χ4n) is 5.73. The van der Waals surface area contributed by atoms with Crippen LogP contribution in [0, 0.1) is 5.92 Å². The average Bonchev–Trinajstić information content (AvgIpc) is 3.00. The minimum atomic E-state index is -0.264. The number of carbonyl (C=O) groups excluding carboxylic acids is 2. The average molecular weight is 605 g/mol. The molecule has 1 aliphatic carbocycles. The molecular formula is C28H35Br2N3O2. The number of likely N-dealkylation sites (tertiary alicyclic amines) is 1. The van der Waals surface area contributed by atoms with E-state index in [1.165, 1.54) is 32.4 Å². The van der Waals surface area contributed by atoms with E-state index in [-0.39, 0.29) is 17.7 Å². The van der Waals surface area contributed by atoms with Crippen molar-refractivity contribution in [3.05, 3.63) is 61.3 Å². The Morgan fingerprint density at radius 3 is 2.46 bits per heavy atom. The van der Waals surface area contributed by atoms with E-state index >= 15 is 0 Å². The van der Waals surface area contributed by atoms with Gasteiger partial charge in [-0.25, -0.2) is 0 Å². The predicted molar refractivity (Wildman–Crippen MR) is 146 cm³/mol. The van der Waals surface area contributed by atoms with Gasteiger partial charge >= 0.3 is 0 Å². The third-order valence-corrected chi connectivity index (χ3v) is 8.69. The Labute approximate surface area is 225 Å². The van der Waals surface area contributed by atoms with Gasteiger partial charge in [-0.1, -0.05) is 35.3 Å². The fourth-order valence-corrected chi connectivity index (χ4v) is 6.90. The smallest absolute Gasteiger partial charge is 0.222 e. The third-order valence-electron chi connectivity index (χ3n) is 7.60. The third kappa shape index (κ3) is 6.34. The number of nitrogens with two attached hydrogens (primary N) is 1. The van der Waals surface area contributed by atoms with Crippen molar-refractivity contribution < 1.29 is 9.59 Å². The highest BCUT2D eigenvalue weighted by Crippen LogP contribution is 2.45. The van der Waals surface area contributed by atoms with E-state index < -0.39 is 0 Å². The number of aromatic nitrogens is 1. The summed E-state index contributed by atoms with van der Waals surface area (Å²) in [6.07, 6.45) is 10.4. The summed E-state index contributed by atoms with van der Waals surface area (Å²) >= 11 is 7.56. The zero-order valence-corrected chi connectivity index (χ0v) is 23.7. The monoisotopic (exact) mass is 603 g/mol. The van der Waals surface area contributed by atoms with Gasteiger partial charge in [-0.3, -0.25) is 14.6 Å². The maximum Gasteiger partial charge on any atom is 0.222 e. The van der Waals surface area contributed by atoms with Gasteiger partial charge in [0.2, 0.25) is 11.8 Å². The van der Waals surface area contributed by atoms with Crippen LogP contribution in [0.2, 0.25) is 0 Å². The van der Waals surface area contributed by atoms with Gasteiger partial charge in [-0.2, -0.15) is 0 Å². The number of rotatable bonds is 8. The van der Waals surface area contributed by atoms with Gasteiger partial charge < -0.3 is 10.6 Å². The van der Waals surface area contributed by atoms with Crippen LogP contribution in [0.5, 0.6) is 0 Å². The molecule has 0 radical (unpaired) electrons. The number of primary amides is 1. The van der Waals surface area contributed by atoms with E-state index in [4.69, 9.17) is 10.7 Å². The molecule has 2 N–H and O–H groups in total. The topological polar surface area (TPSA) is 76.3 Å². The molecule has 4 rings (SSSR count). The number of fused-ring (bicyclic) bond motifs is 2. The number of hydrogen-bond acceptors (Lipinski definition) is 3. The maximum absolute atomic E-state index is 12.8. The van der Waals surface area contributed by atoms with Crippen molar-refractivity contribution in [2.24, 2.45) is 11.7 Å². The van der Waals surface area contributed by atoms with Gasteiger partial charge in [0.05, 0.1) is 5.69 Å². The van der Waals surface area contributed by atoms with Gasteiger partial charge in [0.1, 0.15) is 0 Å². The summed E-state index contributed by atoms with van der Waals surface area (Å²) in [4.78, 5) is 30.7. The highest BCUT2D eigenvalue weighted by molar-refractivity contribution is 9.10. The van der Waals surface area contributed by atoms with Crippen LogP contribution >= 0.6 is 31.9 Å². The van der Waals surface area contributed by atoms with Gasteiger partial charge in [0.15, 0.2) is 0 Å². The summed E-state index contributed by atoms with van der Waals surface area (Å²) in [6, 6.07) is 6.92. The maximum atomic E-state index is 12.8. The molecule has 5 nitrogen and oxygen atoms in total. The van der Waals surface area contributed by atoms with E-state index in [0.29, 0.717) is 18.8 Å². The highest BCUT2D eigenvalue weighted by Gasteiger charge is 2.36. The second-order valence-electron chi connectivity index (χ2n) is 9.92. The van der Waals surface area contributed by atoms with Crippen LogP contribution in [0.1, 0.15) is 85.7 Å². The van der Waals surface area contributed by atoms with E-state index in [2.05, 4.69) is 57.0 Å². The van der Waals surface area contributed by atoms with Gasteiger partial charge in [0.25, 0.3) is 0 Å². The first kappa shape index (κ1) is 26.3. The molecule has 2 aromatic rings. The quantitative estimate of drug-likeness (QED) is 0.371. The molecule has 35 heavy (non-hydrogen) atoms. The molecule has 0 spiro atoms. The summed E-state index contributed by atoms with van der Waals surface area (Å²) in [5.74, 6) is 0.657. The van der Waals surface area contributed by atoms with Gasteiger partial charge in [-0.05, 0) is 101 Å². The summed E-state index contributed by atoms with van der Waals surface area (Å²) in [5, 5.41) is 0. The molecule has 188 valence electrons. The number of halogens is 2. The number of piperidine rings is 1. The second-order valence-corrected chi connectivity index (χ2v) is 11.7. The fraction of sp³-hybridized carbons (Fsp3) is 0.536. The molecule has 0 unspecified atom stereocenters. The molecule has 0 bridgehead atoms.